The van der Waals surface area contributed by atoms with Crippen LogP contribution >= 0.6 is 12.2 Å². The molecule has 1 heterocycles. The van der Waals surface area contributed by atoms with Crippen LogP contribution in [0.1, 0.15) is 30.1 Å². The standard InChI is InChI=1S/C16H23N3OS/c1-12(20)13-4-6-14(7-5-13)17-16(21)19(3)15-8-10-18(2)11-9-15/h4-7,15H,8-11H2,1-3H3,(H,17,21). The summed E-state index contributed by atoms with van der Waals surface area (Å²) >= 11 is 5.49. The van der Waals surface area contributed by atoms with Crippen LogP contribution in [0.2, 0.25) is 0 Å². The van der Waals surface area contributed by atoms with Gasteiger partial charge in [-0.05, 0) is 76.4 Å². The number of Topliss-reactive ketones (excluding diaryl/α,β-unsaturated/α-hetero) is 1. The van der Waals surface area contributed by atoms with Gasteiger partial charge in [0.15, 0.2) is 10.9 Å². The van der Waals surface area contributed by atoms with Crippen molar-refractivity contribution >= 4 is 28.8 Å². The molecule has 1 aromatic carbocycles. The average Bonchev–Trinajstić information content (AvgIpc) is 2.47. The molecule has 0 spiro atoms. The van der Waals surface area contributed by atoms with Gasteiger partial charge in [0.25, 0.3) is 0 Å². The largest absolute Gasteiger partial charge is 0.349 e. The van der Waals surface area contributed by atoms with E-state index in [1.54, 1.807) is 6.92 Å². The molecule has 0 unspecified atom stereocenters. The van der Waals surface area contributed by atoms with E-state index < -0.39 is 0 Å². The van der Waals surface area contributed by atoms with Gasteiger partial charge in [-0.1, -0.05) is 0 Å². The number of anilines is 1. The lowest BCUT2D eigenvalue weighted by Crippen LogP contribution is -2.45. The van der Waals surface area contributed by atoms with Crippen molar-refractivity contribution in [3.05, 3.63) is 29.8 Å². The van der Waals surface area contributed by atoms with Crippen LogP contribution in [0, 0.1) is 0 Å². The Morgan fingerprint density at radius 2 is 1.86 bits per heavy atom. The first-order valence-electron chi connectivity index (χ1n) is 7.30. The van der Waals surface area contributed by atoms with E-state index >= 15 is 0 Å². The highest BCUT2D eigenvalue weighted by molar-refractivity contribution is 7.80. The fourth-order valence-corrected chi connectivity index (χ4v) is 2.81. The maximum atomic E-state index is 11.3. The third-order valence-corrected chi connectivity index (χ3v) is 4.49. The summed E-state index contributed by atoms with van der Waals surface area (Å²) in [5.74, 6) is 0.0765. The molecule has 1 saturated heterocycles. The quantitative estimate of drug-likeness (QED) is 0.686. The second-order valence-corrected chi connectivity index (χ2v) is 6.10. The molecule has 1 N–H and O–H groups in total. The van der Waals surface area contributed by atoms with Crippen LogP contribution in [0.4, 0.5) is 5.69 Å². The number of likely N-dealkylation sites (tertiary alicyclic amines) is 1. The Bertz CT molecular complexity index is 507. The SMILES string of the molecule is CC(=O)c1ccc(NC(=S)N(C)C2CCN(C)CC2)cc1. The van der Waals surface area contributed by atoms with Gasteiger partial charge in [-0.3, -0.25) is 4.79 Å². The fraction of sp³-hybridized carbons (Fsp3) is 0.500. The summed E-state index contributed by atoms with van der Waals surface area (Å²) in [6.45, 7) is 3.80. The van der Waals surface area contributed by atoms with E-state index in [2.05, 4.69) is 29.2 Å². The molecule has 1 aromatic rings. The number of ketones is 1. The third kappa shape index (κ3) is 4.25. The maximum Gasteiger partial charge on any atom is 0.173 e. The average molecular weight is 305 g/mol. The molecule has 0 aliphatic carbocycles. The van der Waals surface area contributed by atoms with E-state index in [0.29, 0.717) is 6.04 Å². The summed E-state index contributed by atoms with van der Waals surface area (Å²) < 4.78 is 0. The highest BCUT2D eigenvalue weighted by Gasteiger charge is 2.22. The molecular weight excluding hydrogens is 282 g/mol. The number of hydrogen-bond acceptors (Lipinski definition) is 3. The van der Waals surface area contributed by atoms with Gasteiger partial charge in [0.1, 0.15) is 0 Å². The first-order chi connectivity index (χ1) is 9.97. The molecule has 0 atom stereocenters. The van der Waals surface area contributed by atoms with Gasteiger partial charge in [-0.2, -0.15) is 0 Å². The summed E-state index contributed by atoms with van der Waals surface area (Å²) in [4.78, 5) is 15.8. The van der Waals surface area contributed by atoms with E-state index in [9.17, 15) is 4.79 Å². The predicted octanol–water partition coefficient (Wildman–Crippen LogP) is 2.61. The lowest BCUT2D eigenvalue weighted by Gasteiger charge is -2.36. The molecule has 0 saturated carbocycles. The maximum absolute atomic E-state index is 11.3. The van der Waals surface area contributed by atoms with E-state index in [1.165, 1.54) is 0 Å². The summed E-state index contributed by atoms with van der Waals surface area (Å²) in [6.07, 6.45) is 2.27. The Hall–Kier alpha value is -1.46. The number of nitrogens with one attached hydrogen (secondary N) is 1. The number of benzene rings is 1. The first-order valence-corrected chi connectivity index (χ1v) is 7.71. The number of rotatable bonds is 3. The zero-order valence-electron chi connectivity index (χ0n) is 12.9. The molecule has 21 heavy (non-hydrogen) atoms. The molecule has 1 fully saturated rings. The van der Waals surface area contributed by atoms with Gasteiger partial charge in [-0.25, -0.2) is 0 Å². The predicted molar refractivity (Wildman–Crippen MR) is 90.9 cm³/mol. The van der Waals surface area contributed by atoms with Gasteiger partial charge < -0.3 is 15.1 Å². The van der Waals surface area contributed by atoms with Crippen molar-refractivity contribution in [2.45, 2.75) is 25.8 Å². The van der Waals surface area contributed by atoms with Crippen molar-refractivity contribution in [2.24, 2.45) is 0 Å². The number of piperidine rings is 1. The van der Waals surface area contributed by atoms with Crippen LogP contribution in [0.5, 0.6) is 0 Å². The highest BCUT2D eigenvalue weighted by Crippen LogP contribution is 2.16. The molecule has 2 rings (SSSR count). The van der Waals surface area contributed by atoms with E-state index in [-0.39, 0.29) is 5.78 Å². The molecule has 0 bridgehead atoms. The second kappa shape index (κ2) is 7.00. The molecule has 0 aromatic heterocycles. The van der Waals surface area contributed by atoms with E-state index in [1.807, 2.05) is 24.3 Å². The molecule has 0 radical (unpaired) electrons. The van der Waals surface area contributed by atoms with Crippen molar-refractivity contribution in [3.63, 3.8) is 0 Å². The Kier molecular flexibility index (Phi) is 5.31. The van der Waals surface area contributed by atoms with Gasteiger partial charge >= 0.3 is 0 Å². The Labute approximate surface area is 132 Å². The highest BCUT2D eigenvalue weighted by atomic mass is 32.1. The van der Waals surface area contributed by atoms with E-state index in [0.717, 1.165) is 42.3 Å². The zero-order chi connectivity index (χ0) is 15.4. The minimum absolute atomic E-state index is 0.0765. The van der Waals surface area contributed by atoms with Crippen LogP contribution in [0.3, 0.4) is 0 Å². The van der Waals surface area contributed by atoms with Crippen molar-refractivity contribution in [1.29, 1.82) is 0 Å². The number of carbonyl (C=O) groups excluding carboxylic acids is 1. The Morgan fingerprint density at radius 3 is 2.38 bits per heavy atom. The molecule has 5 heteroatoms. The van der Waals surface area contributed by atoms with Crippen LogP contribution in [0.15, 0.2) is 24.3 Å². The topological polar surface area (TPSA) is 35.6 Å². The molecule has 1 aliphatic rings. The minimum atomic E-state index is 0.0765. The monoisotopic (exact) mass is 305 g/mol. The molecule has 114 valence electrons. The summed E-state index contributed by atoms with van der Waals surface area (Å²) in [6, 6.07) is 7.93. The van der Waals surface area contributed by atoms with Gasteiger partial charge in [0.05, 0.1) is 0 Å². The smallest absolute Gasteiger partial charge is 0.173 e. The third-order valence-electron chi connectivity index (χ3n) is 4.10. The second-order valence-electron chi connectivity index (χ2n) is 5.71. The summed E-state index contributed by atoms with van der Waals surface area (Å²) in [5.41, 5.74) is 1.64. The Morgan fingerprint density at radius 1 is 1.29 bits per heavy atom. The van der Waals surface area contributed by atoms with Gasteiger partial charge in [-0.15, -0.1) is 0 Å². The lowest BCUT2D eigenvalue weighted by molar-refractivity contribution is 0.101. The van der Waals surface area contributed by atoms with Gasteiger partial charge in [0, 0.05) is 24.3 Å². The number of hydrogen-bond donors (Lipinski definition) is 1. The molecule has 1 aliphatic heterocycles. The van der Waals surface area contributed by atoms with Crippen molar-refractivity contribution < 1.29 is 4.79 Å². The molecule has 0 amide bonds. The normalized spacial score (nSPS) is 16.5. The van der Waals surface area contributed by atoms with Crippen molar-refractivity contribution in [3.8, 4) is 0 Å². The number of carbonyl (C=O) groups is 1. The van der Waals surface area contributed by atoms with Gasteiger partial charge in [0.2, 0.25) is 0 Å². The van der Waals surface area contributed by atoms with Crippen LogP contribution in [0.25, 0.3) is 0 Å². The van der Waals surface area contributed by atoms with E-state index in [4.69, 9.17) is 12.2 Å². The molecule has 4 nitrogen and oxygen atoms in total. The van der Waals surface area contributed by atoms with Crippen LogP contribution in [-0.4, -0.2) is 53.9 Å². The lowest BCUT2D eigenvalue weighted by atomic mass is 10.0. The summed E-state index contributed by atoms with van der Waals surface area (Å²) in [5, 5.41) is 3.99. The number of nitrogens with zero attached hydrogens (tertiary/aromatic N) is 2. The zero-order valence-corrected chi connectivity index (χ0v) is 13.7. The Balaban J connectivity index is 1.92. The fourth-order valence-electron chi connectivity index (χ4n) is 2.55. The minimum Gasteiger partial charge on any atom is -0.349 e. The van der Waals surface area contributed by atoms with Crippen molar-refractivity contribution in [2.75, 3.05) is 32.5 Å². The van der Waals surface area contributed by atoms with Crippen LogP contribution in [-0.2, 0) is 0 Å². The summed E-state index contributed by atoms with van der Waals surface area (Å²) in [7, 11) is 4.21. The van der Waals surface area contributed by atoms with Crippen LogP contribution < -0.4 is 5.32 Å². The van der Waals surface area contributed by atoms with Crippen molar-refractivity contribution in [1.82, 2.24) is 9.80 Å². The first kappa shape index (κ1) is 15.9. The molecular formula is C16H23N3OS. The number of thiocarbonyl (C=S) groups is 1.